The molecule has 0 unspecified atom stereocenters. The Labute approximate surface area is 131 Å². The van der Waals surface area contributed by atoms with Gasteiger partial charge in [-0.1, -0.05) is 18.9 Å². The lowest BCUT2D eigenvalue weighted by Gasteiger charge is -2.32. The number of carbonyl (C=O) groups is 1. The molecule has 1 fully saturated rings. The summed E-state index contributed by atoms with van der Waals surface area (Å²) >= 11 is 0. The number of aryl methyl sites for hydroxylation is 1. The van der Waals surface area contributed by atoms with Gasteiger partial charge in [-0.2, -0.15) is 18.3 Å². The van der Waals surface area contributed by atoms with E-state index in [4.69, 9.17) is 0 Å². The molecular formula is C16H18F3N3O. The van der Waals surface area contributed by atoms with Crippen molar-refractivity contribution >= 4 is 22.5 Å². The van der Waals surface area contributed by atoms with E-state index < -0.39 is 23.9 Å². The smallest absolute Gasteiger partial charge is 0.324 e. The Morgan fingerprint density at radius 2 is 2.04 bits per heavy atom. The van der Waals surface area contributed by atoms with Gasteiger partial charge in [0.25, 0.3) is 0 Å². The summed E-state index contributed by atoms with van der Waals surface area (Å²) in [5, 5.41) is 10.2. The van der Waals surface area contributed by atoms with Crippen LogP contribution in [-0.4, -0.2) is 22.3 Å². The van der Waals surface area contributed by atoms with Crippen molar-refractivity contribution in [2.24, 2.45) is 11.8 Å². The van der Waals surface area contributed by atoms with Crippen LogP contribution < -0.4 is 5.32 Å². The van der Waals surface area contributed by atoms with E-state index in [0.29, 0.717) is 24.0 Å². The van der Waals surface area contributed by atoms with E-state index in [1.807, 2.05) is 13.0 Å². The average Bonchev–Trinajstić information content (AvgIpc) is 3.00. The molecule has 2 aromatic rings. The molecule has 0 aliphatic heterocycles. The number of benzene rings is 1. The highest BCUT2D eigenvalue weighted by molar-refractivity contribution is 6.02. The zero-order valence-corrected chi connectivity index (χ0v) is 12.7. The first-order valence-electron chi connectivity index (χ1n) is 7.68. The zero-order valence-electron chi connectivity index (χ0n) is 12.7. The minimum absolute atomic E-state index is 0.0228. The van der Waals surface area contributed by atoms with Crippen LogP contribution in [0.1, 0.15) is 31.2 Å². The number of hydrogen-bond acceptors (Lipinski definition) is 2. The van der Waals surface area contributed by atoms with Crippen LogP contribution in [0.4, 0.5) is 18.9 Å². The number of aromatic nitrogens is 2. The number of hydrogen-bond donors (Lipinski definition) is 2. The Balaban J connectivity index is 1.85. The van der Waals surface area contributed by atoms with E-state index in [-0.39, 0.29) is 12.8 Å². The van der Waals surface area contributed by atoms with E-state index in [1.54, 1.807) is 12.3 Å². The number of halogens is 3. The first-order chi connectivity index (χ1) is 10.9. The Hall–Kier alpha value is -2.05. The maximum Gasteiger partial charge on any atom is 0.392 e. The third kappa shape index (κ3) is 3.04. The molecule has 1 aromatic heterocycles. The van der Waals surface area contributed by atoms with Gasteiger partial charge in [0.2, 0.25) is 5.91 Å². The molecule has 0 saturated heterocycles. The van der Waals surface area contributed by atoms with Gasteiger partial charge in [-0.3, -0.25) is 9.89 Å². The maximum atomic E-state index is 13.2. The van der Waals surface area contributed by atoms with Gasteiger partial charge in [0.1, 0.15) is 0 Å². The Bertz CT molecular complexity index is 723. The van der Waals surface area contributed by atoms with Crippen LogP contribution in [0.3, 0.4) is 0 Å². The van der Waals surface area contributed by atoms with Crippen molar-refractivity contribution in [2.45, 2.75) is 38.8 Å². The van der Waals surface area contributed by atoms with Crippen LogP contribution in [0, 0.1) is 18.8 Å². The summed E-state index contributed by atoms with van der Waals surface area (Å²) in [6, 6.07) is 3.51. The summed E-state index contributed by atoms with van der Waals surface area (Å²) in [6.07, 6.45) is -1.23. The minimum Gasteiger partial charge on any atom is -0.324 e. The second kappa shape index (κ2) is 5.86. The van der Waals surface area contributed by atoms with E-state index >= 15 is 0 Å². The van der Waals surface area contributed by atoms with E-state index in [0.717, 1.165) is 10.9 Å². The molecular weight excluding hydrogens is 307 g/mol. The van der Waals surface area contributed by atoms with Crippen LogP contribution >= 0.6 is 0 Å². The van der Waals surface area contributed by atoms with Crippen LogP contribution in [-0.2, 0) is 4.79 Å². The third-order valence-electron chi connectivity index (χ3n) is 4.61. The molecule has 7 heteroatoms. The lowest BCUT2D eigenvalue weighted by Crippen LogP contribution is -2.39. The summed E-state index contributed by atoms with van der Waals surface area (Å²) < 4.78 is 39.5. The highest BCUT2D eigenvalue weighted by Gasteiger charge is 2.48. The van der Waals surface area contributed by atoms with E-state index in [9.17, 15) is 18.0 Å². The fourth-order valence-electron chi connectivity index (χ4n) is 3.34. The molecule has 23 heavy (non-hydrogen) atoms. The van der Waals surface area contributed by atoms with E-state index in [1.165, 1.54) is 0 Å². The number of nitrogens with zero attached hydrogens (tertiary/aromatic N) is 1. The van der Waals surface area contributed by atoms with Gasteiger partial charge in [-0.05, 0) is 31.4 Å². The number of anilines is 1. The summed E-state index contributed by atoms with van der Waals surface area (Å²) in [5.74, 6) is -3.14. The van der Waals surface area contributed by atoms with Crippen molar-refractivity contribution in [3.8, 4) is 0 Å². The van der Waals surface area contributed by atoms with Crippen LogP contribution in [0.2, 0.25) is 0 Å². The summed E-state index contributed by atoms with van der Waals surface area (Å²) in [5.41, 5.74) is 2.09. The number of aromatic amines is 1. The monoisotopic (exact) mass is 325 g/mol. The second-order valence-electron chi connectivity index (χ2n) is 6.12. The topological polar surface area (TPSA) is 57.8 Å². The van der Waals surface area contributed by atoms with Crippen LogP contribution in [0.5, 0.6) is 0 Å². The first-order valence-corrected chi connectivity index (χ1v) is 7.68. The zero-order chi connectivity index (χ0) is 16.6. The van der Waals surface area contributed by atoms with Crippen molar-refractivity contribution in [1.29, 1.82) is 0 Å². The molecule has 0 radical (unpaired) electrons. The SMILES string of the molecule is Cc1ccc(NC(=O)[C@H]2CCCC[C@H]2C(F)(F)F)c2[nH]ncc12. The molecule has 0 bridgehead atoms. The molecule has 1 aromatic carbocycles. The van der Waals surface area contributed by atoms with Crippen LogP contribution in [0.15, 0.2) is 18.3 Å². The molecule has 2 N–H and O–H groups in total. The fourth-order valence-corrected chi connectivity index (χ4v) is 3.34. The lowest BCUT2D eigenvalue weighted by molar-refractivity contribution is -0.197. The van der Waals surface area contributed by atoms with Crippen molar-refractivity contribution in [3.05, 3.63) is 23.9 Å². The molecule has 2 atom stereocenters. The first kappa shape index (κ1) is 15.8. The van der Waals surface area contributed by atoms with Gasteiger partial charge in [-0.15, -0.1) is 0 Å². The highest BCUT2D eigenvalue weighted by Crippen LogP contribution is 2.42. The number of H-pyrrole nitrogens is 1. The Morgan fingerprint density at radius 1 is 1.30 bits per heavy atom. The lowest BCUT2D eigenvalue weighted by atomic mass is 9.78. The van der Waals surface area contributed by atoms with Gasteiger partial charge in [0, 0.05) is 11.3 Å². The summed E-state index contributed by atoms with van der Waals surface area (Å²) in [6.45, 7) is 1.91. The number of alkyl halides is 3. The second-order valence-corrected chi connectivity index (χ2v) is 6.12. The average molecular weight is 325 g/mol. The fraction of sp³-hybridized carbons (Fsp3) is 0.500. The molecule has 1 aliphatic rings. The van der Waals surface area contributed by atoms with Gasteiger partial charge in [0.15, 0.2) is 0 Å². The highest BCUT2D eigenvalue weighted by atomic mass is 19.4. The summed E-state index contributed by atoms with van der Waals surface area (Å²) in [7, 11) is 0. The minimum atomic E-state index is -4.33. The molecule has 0 spiro atoms. The molecule has 1 aliphatic carbocycles. The molecule has 4 nitrogen and oxygen atoms in total. The van der Waals surface area contributed by atoms with Gasteiger partial charge in [0.05, 0.1) is 23.3 Å². The Morgan fingerprint density at radius 3 is 2.78 bits per heavy atom. The maximum absolute atomic E-state index is 13.2. The Kier molecular flexibility index (Phi) is 4.04. The predicted molar refractivity (Wildman–Crippen MR) is 81.0 cm³/mol. The molecule has 124 valence electrons. The molecule has 1 amide bonds. The number of nitrogens with one attached hydrogen (secondary N) is 2. The quantitative estimate of drug-likeness (QED) is 0.870. The predicted octanol–water partition coefficient (Wildman–Crippen LogP) is 4.18. The van der Waals surface area contributed by atoms with Gasteiger partial charge in [-0.25, -0.2) is 0 Å². The van der Waals surface area contributed by atoms with Gasteiger partial charge >= 0.3 is 6.18 Å². The molecule has 1 heterocycles. The number of amides is 1. The standard InChI is InChI=1S/C16H18F3N3O/c1-9-6-7-13(14-11(9)8-20-22-14)21-15(23)10-4-2-3-5-12(10)16(17,18)19/h6-8,10,12H,2-5H2,1H3,(H,20,22)(H,21,23)/t10-,12+/m0/s1. The van der Waals surface area contributed by atoms with Crippen LogP contribution in [0.25, 0.3) is 10.9 Å². The van der Waals surface area contributed by atoms with Crippen molar-refractivity contribution in [1.82, 2.24) is 10.2 Å². The third-order valence-corrected chi connectivity index (χ3v) is 4.61. The van der Waals surface area contributed by atoms with Crippen molar-refractivity contribution in [2.75, 3.05) is 5.32 Å². The van der Waals surface area contributed by atoms with Gasteiger partial charge < -0.3 is 5.32 Å². The number of carbonyl (C=O) groups excluding carboxylic acids is 1. The normalized spacial score (nSPS) is 22.3. The molecule has 3 rings (SSSR count). The number of rotatable bonds is 2. The van der Waals surface area contributed by atoms with Crippen molar-refractivity contribution < 1.29 is 18.0 Å². The molecule has 1 saturated carbocycles. The summed E-state index contributed by atoms with van der Waals surface area (Å²) in [4.78, 5) is 12.4. The van der Waals surface area contributed by atoms with Crippen molar-refractivity contribution in [3.63, 3.8) is 0 Å². The number of fused-ring (bicyclic) bond motifs is 1. The van der Waals surface area contributed by atoms with E-state index in [2.05, 4.69) is 15.5 Å². The largest absolute Gasteiger partial charge is 0.392 e.